The van der Waals surface area contributed by atoms with Crippen LogP contribution in [0.15, 0.2) is 18.2 Å². The number of anilines is 3. The van der Waals surface area contributed by atoms with Crippen LogP contribution in [-0.2, 0) is 17.6 Å². The fourth-order valence-corrected chi connectivity index (χ4v) is 3.43. The third kappa shape index (κ3) is 2.85. The zero-order valence-electron chi connectivity index (χ0n) is 11.8. The molecule has 0 spiro atoms. The van der Waals surface area contributed by atoms with Crippen molar-refractivity contribution >= 4 is 33.8 Å². The summed E-state index contributed by atoms with van der Waals surface area (Å²) in [5.41, 5.74) is 8.90. The Kier molecular flexibility index (Phi) is 3.79. The summed E-state index contributed by atoms with van der Waals surface area (Å²) in [7, 11) is 0. The molecular weight excluding hydrogens is 286 g/mol. The number of carbonyl (C=O) groups excluding carboxylic acids is 1. The van der Waals surface area contributed by atoms with Gasteiger partial charge in [0.2, 0.25) is 0 Å². The van der Waals surface area contributed by atoms with Gasteiger partial charge < -0.3 is 15.8 Å². The molecule has 3 N–H and O–H groups in total. The molecule has 6 heteroatoms. The number of hydrogen-bond acceptors (Lipinski definition) is 6. The zero-order chi connectivity index (χ0) is 14.8. The minimum atomic E-state index is -0.345. The highest BCUT2D eigenvalue weighted by atomic mass is 32.1. The summed E-state index contributed by atoms with van der Waals surface area (Å²) >= 11 is 1.66. The Balaban J connectivity index is 1.83. The van der Waals surface area contributed by atoms with Crippen LogP contribution in [0, 0.1) is 0 Å². The quantitative estimate of drug-likeness (QED) is 0.670. The number of esters is 1. The van der Waals surface area contributed by atoms with Gasteiger partial charge in [0.1, 0.15) is 0 Å². The monoisotopic (exact) mass is 303 g/mol. The second kappa shape index (κ2) is 5.73. The maximum Gasteiger partial charge on any atom is 0.338 e. The van der Waals surface area contributed by atoms with Gasteiger partial charge in [0.15, 0.2) is 5.13 Å². The van der Waals surface area contributed by atoms with Crippen molar-refractivity contribution in [2.75, 3.05) is 17.7 Å². The van der Waals surface area contributed by atoms with Crippen LogP contribution in [0.5, 0.6) is 0 Å². The minimum Gasteiger partial charge on any atom is -0.462 e. The van der Waals surface area contributed by atoms with Crippen molar-refractivity contribution in [1.82, 2.24) is 4.98 Å². The number of nitrogens with one attached hydrogen (secondary N) is 1. The van der Waals surface area contributed by atoms with Crippen molar-refractivity contribution < 1.29 is 9.53 Å². The molecule has 2 aromatic rings. The molecule has 1 aliphatic rings. The van der Waals surface area contributed by atoms with E-state index in [4.69, 9.17) is 10.5 Å². The smallest absolute Gasteiger partial charge is 0.338 e. The van der Waals surface area contributed by atoms with Gasteiger partial charge in [-0.05, 0) is 44.4 Å². The number of rotatable bonds is 4. The van der Waals surface area contributed by atoms with Gasteiger partial charge in [-0.15, -0.1) is 11.3 Å². The number of aryl methyl sites for hydroxylation is 2. The number of nitrogens with two attached hydrogens (primary N) is 1. The normalized spacial score (nSPS) is 13.0. The van der Waals surface area contributed by atoms with Crippen LogP contribution in [-0.4, -0.2) is 17.6 Å². The van der Waals surface area contributed by atoms with Crippen LogP contribution < -0.4 is 11.1 Å². The molecule has 0 aliphatic heterocycles. The van der Waals surface area contributed by atoms with Crippen molar-refractivity contribution in [2.45, 2.75) is 26.2 Å². The molecule has 0 amide bonds. The summed E-state index contributed by atoms with van der Waals surface area (Å²) in [5.74, 6) is -0.345. The fraction of sp³-hybridized carbons (Fsp3) is 0.333. The largest absolute Gasteiger partial charge is 0.462 e. The second-order valence-corrected chi connectivity index (χ2v) is 5.97. The Morgan fingerprint density at radius 3 is 3.10 bits per heavy atom. The van der Waals surface area contributed by atoms with E-state index in [0.29, 0.717) is 23.5 Å². The van der Waals surface area contributed by atoms with Crippen molar-refractivity contribution in [3.63, 3.8) is 0 Å². The second-order valence-electron chi connectivity index (χ2n) is 4.89. The summed E-state index contributed by atoms with van der Waals surface area (Å²) in [5, 5.41) is 4.04. The summed E-state index contributed by atoms with van der Waals surface area (Å²) in [6.07, 6.45) is 3.34. The van der Waals surface area contributed by atoms with Gasteiger partial charge >= 0.3 is 5.97 Å². The number of carbonyl (C=O) groups is 1. The predicted octanol–water partition coefficient (Wildman–Crippen LogP) is 3.13. The van der Waals surface area contributed by atoms with Gasteiger partial charge in [-0.25, -0.2) is 9.78 Å². The maximum absolute atomic E-state index is 11.8. The molecule has 1 aromatic heterocycles. The molecule has 1 heterocycles. The van der Waals surface area contributed by atoms with E-state index < -0.39 is 0 Å². The van der Waals surface area contributed by atoms with Gasteiger partial charge in [-0.3, -0.25) is 0 Å². The molecule has 1 aliphatic carbocycles. The van der Waals surface area contributed by atoms with Crippen LogP contribution in [0.3, 0.4) is 0 Å². The van der Waals surface area contributed by atoms with Crippen molar-refractivity contribution in [1.29, 1.82) is 0 Å². The van der Waals surface area contributed by atoms with E-state index >= 15 is 0 Å². The lowest BCUT2D eigenvalue weighted by atomic mass is 10.2. The number of ether oxygens (including phenoxy) is 1. The Bertz CT molecular complexity index is 660. The SMILES string of the molecule is CCOC(=O)c1ccc(N)c(Nc2nc3c(s2)CCC3)c1. The summed E-state index contributed by atoms with van der Waals surface area (Å²) in [6, 6.07) is 5.08. The minimum absolute atomic E-state index is 0.345. The molecule has 0 atom stereocenters. The van der Waals surface area contributed by atoms with Gasteiger partial charge in [0.25, 0.3) is 0 Å². The third-order valence-corrected chi connectivity index (χ3v) is 4.47. The van der Waals surface area contributed by atoms with E-state index in [1.54, 1.807) is 36.5 Å². The highest BCUT2D eigenvalue weighted by Gasteiger charge is 2.17. The summed E-state index contributed by atoms with van der Waals surface area (Å²) in [4.78, 5) is 17.7. The molecule has 1 aromatic carbocycles. The average molecular weight is 303 g/mol. The summed E-state index contributed by atoms with van der Waals surface area (Å²) in [6.45, 7) is 2.14. The van der Waals surface area contributed by atoms with Gasteiger partial charge in [0.05, 0.1) is 29.2 Å². The first-order valence-corrected chi connectivity index (χ1v) is 7.81. The van der Waals surface area contributed by atoms with Gasteiger partial charge in [0, 0.05) is 4.88 Å². The molecule has 0 fully saturated rings. The molecule has 5 nitrogen and oxygen atoms in total. The summed E-state index contributed by atoms with van der Waals surface area (Å²) < 4.78 is 5.00. The third-order valence-electron chi connectivity index (χ3n) is 3.40. The van der Waals surface area contributed by atoms with E-state index in [1.807, 2.05) is 0 Å². The first-order chi connectivity index (χ1) is 10.2. The lowest BCUT2D eigenvalue weighted by Crippen LogP contribution is -2.06. The van der Waals surface area contributed by atoms with E-state index in [2.05, 4.69) is 10.3 Å². The number of thiazole rings is 1. The molecule has 21 heavy (non-hydrogen) atoms. The highest BCUT2D eigenvalue weighted by molar-refractivity contribution is 7.15. The Morgan fingerprint density at radius 2 is 2.33 bits per heavy atom. The lowest BCUT2D eigenvalue weighted by Gasteiger charge is -2.09. The lowest BCUT2D eigenvalue weighted by molar-refractivity contribution is 0.0526. The van der Waals surface area contributed by atoms with E-state index in [9.17, 15) is 4.79 Å². The number of nitrogens with zero attached hydrogens (tertiary/aromatic N) is 1. The topological polar surface area (TPSA) is 77.2 Å². The fourth-order valence-electron chi connectivity index (χ4n) is 2.36. The number of fused-ring (bicyclic) bond motifs is 1. The van der Waals surface area contributed by atoms with E-state index in [0.717, 1.165) is 18.0 Å². The zero-order valence-corrected chi connectivity index (χ0v) is 12.6. The standard InChI is InChI=1S/C15H17N3O2S/c1-2-20-14(19)9-6-7-10(16)12(8-9)18-15-17-11-4-3-5-13(11)21-15/h6-8H,2-5,16H2,1H3,(H,17,18). The highest BCUT2D eigenvalue weighted by Crippen LogP contribution is 2.33. The number of aromatic nitrogens is 1. The molecular formula is C15H17N3O2S. The molecule has 3 rings (SSSR count). The van der Waals surface area contributed by atoms with E-state index in [-0.39, 0.29) is 5.97 Å². The van der Waals surface area contributed by atoms with Crippen LogP contribution in [0.25, 0.3) is 0 Å². The number of nitrogen functional groups attached to an aromatic ring is 1. The van der Waals surface area contributed by atoms with Crippen LogP contribution in [0.1, 0.15) is 34.3 Å². The van der Waals surface area contributed by atoms with Crippen LogP contribution >= 0.6 is 11.3 Å². The van der Waals surface area contributed by atoms with Crippen LogP contribution in [0.4, 0.5) is 16.5 Å². The number of benzene rings is 1. The molecule has 0 radical (unpaired) electrons. The van der Waals surface area contributed by atoms with Crippen molar-refractivity contribution in [2.24, 2.45) is 0 Å². The molecule has 0 bridgehead atoms. The van der Waals surface area contributed by atoms with Crippen molar-refractivity contribution in [3.05, 3.63) is 34.3 Å². The number of hydrogen-bond donors (Lipinski definition) is 2. The van der Waals surface area contributed by atoms with Crippen molar-refractivity contribution in [3.8, 4) is 0 Å². The molecule has 0 saturated heterocycles. The molecule has 0 saturated carbocycles. The molecule has 110 valence electrons. The van der Waals surface area contributed by atoms with Gasteiger partial charge in [-0.2, -0.15) is 0 Å². The Morgan fingerprint density at radius 1 is 1.48 bits per heavy atom. The van der Waals surface area contributed by atoms with Crippen LogP contribution in [0.2, 0.25) is 0 Å². The Labute approximate surface area is 127 Å². The Hall–Kier alpha value is -2.08. The average Bonchev–Trinajstić information content (AvgIpc) is 3.02. The predicted molar refractivity (Wildman–Crippen MR) is 84.2 cm³/mol. The first-order valence-electron chi connectivity index (χ1n) is 6.99. The molecule has 0 unspecified atom stereocenters. The first kappa shape index (κ1) is 13.9. The van der Waals surface area contributed by atoms with E-state index in [1.165, 1.54) is 17.0 Å². The maximum atomic E-state index is 11.8. The van der Waals surface area contributed by atoms with Gasteiger partial charge in [-0.1, -0.05) is 0 Å².